The molecule has 6 nitrogen and oxygen atoms in total. The molecule has 0 radical (unpaired) electrons. The van der Waals surface area contributed by atoms with Crippen LogP contribution in [0.2, 0.25) is 0 Å². The molecule has 1 aliphatic carbocycles. The van der Waals surface area contributed by atoms with Crippen LogP contribution in [0.25, 0.3) is 11.3 Å². The summed E-state index contributed by atoms with van der Waals surface area (Å²) in [6.07, 6.45) is 5.09. The van der Waals surface area contributed by atoms with Gasteiger partial charge < -0.3 is 19.5 Å². The molecule has 27 heavy (non-hydrogen) atoms. The Balaban J connectivity index is 1.47. The Morgan fingerprint density at radius 1 is 1.33 bits per heavy atom. The molecule has 0 saturated heterocycles. The zero-order valence-corrected chi connectivity index (χ0v) is 15.4. The first-order chi connectivity index (χ1) is 13.1. The van der Waals surface area contributed by atoms with E-state index in [1.165, 1.54) is 0 Å². The number of nitrogens with one attached hydrogen (secondary N) is 1. The fraction of sp³-hybridized carbons (Fsp3) is 0.333. The van der Waals surface area contributed by atoms with Crippen LogP contribution in [-0.2, 0) is 6.54 Å². The van der Waals surface area contributed by atoms with E-state index < -0.39 is 6.10 Å². The van der Waals surface area contributed by atoms with Crippen molar-refractivity contribution in [3.05, 3.63) is 59.8 Å². The Bertz CT molecular complexity index is 985. The molecule has 0 bridgehead atoms. The van der Waals surface area contributed by atoms with Crippen molar-refractivity contribution in [1.82, 2.24) is 20.0 Å². The van der Waals surface area contributed by atoms with Gasteiger partial charge in [0.1, 0.15) is 17.6 Å². The molecule has 1 aliphatic rings. The van der Waals surface area contributed by atoms with E-state index in [-0.39, 0.29) is 5.54 Å². The number of nitrogens with zero attached hydrogens (tertiary/aromatic N) is 3. The van der Waals surface area contributed by atoms with E-state index in [2.05, 4.69) is 27.3 Å². The average Bonchev–Trinajstić information content (AvgIpc) is 3.07. The Morgan fingerprint density at radius 3 is 2.78 bits per heavy atom. The second-order valence-electron chi connectivity index (χ2n) is 6.93. The van der Waals surface area contributed by atoms with E-state index in [4.69, 9.17) is 4.52 Å². The first kappa shape index (κ1) is 17.5. The lowest BCUT2D eigenvalue weighted by Crippen LogP contribution is -2.24. The van der Waals surface area contributed by atoms with Crippen LogP contribution in [0.3, 0.4) is 0 Å². The van der Waals surface area contributed by atoms with Gasteiger partial charge in [0.25, 0.3) is 0 Å². The second-order valence-corrected chi connectivity index (χ2v) is 6.93. The fourth-order valence-corrected chi connectivity index (χ4v) is 2.99. The van der Waals surface area contributed by atoms with Crippen LogP contribution in [-0.4, -0.2) is 32.4 Å². The predicted molar refractivity (Wildman–Crippen MR) is 102 cm³/mol. The maximum Gasteiger partial charge on any atom is 0.167 e. The van der Waals surface area contributed by atoms with Gasteiger partial charge in [-0.3, -0.25) is 0 Å². The number of imidazole rings is 1. The van der Waals surface area contributed by atoms with Crippen molar-refractivity contribution in [2.24, 2.45) is 0 Å². The molecule has 1 fully saturated rings. The third-order valence-corrected chi connectivity index (χ3v) is 4.86. The smallest absolute Gasteiger partial charge is 0.167 e. The number of hydrogen-bond donors (Lipinski definition) is 2. The summed E-state index contributed by atoms with van der Waals surface area (Å²) in [6, 6.07) is 9.89. The van der Waals surface area contributed by atoms with Crippen LogP contribution in [0.4, 0.5) is 0 Å². The van der Waals surface area contributed by atoms with Crippen molar-refractivity contribution >= 4 is 0 Å². The largest absolute Gasteiger partial charge is 0.385 e. The minimum Gasteiger partial charge on any atom is -0.385 e. The molecule has 2 N–H and O–H groups in total. The van der Waals surface area contributed by atoms with Gasteiger partial charge in [0.05, 0.1) is 12.1 Å². The summed E-state index contributed by atoms with van der Waals surface area (Å²) in [4.78, 5) is 4.17. The minimum atomic E-state index is -0.627. The van der Waals surface area contributed by atoms with Crippen molar-refractivity contribution in [3.63, 3.8) is 0 Å². The summed E-state index contributed by atoms with van der Waals surface area (Å²) in [5, 5.41) is 17.2. The molecule has 1 saturated carbocycles. The zero-order chi connectivity index (χ0) is 18.9. The monoisotopic (exact) mass is 362 g/mol. The van der Waals surface area contributed by atoms with Crippen molar-refractivity contribution in [2.75, 3.05) is 7.05 Å². The molecule has 2 aromatic heterocycles. The van der Waals surface area contributed by atoms with Crippen LogP contribution in [0.15, 0.2) is 47.2 Å². The molecule has 2 heterocycles. The maximum atomic E-state index is 9.75. The Kier molecular flexibility index (Phi) is 4.56. The highest BCUT2D eigenvalue weighted by Crippen LogP contribution is 2.33. The van der Waals surface area contributed by atoms with Crippen LogP contribution in [0, 0.1) is 11.8 Å². The summed E-state index contributed by atoms with van der Waals surface area (Å²) in [5.74, 6) is 7.86. The first-order valence-electron chi connectivity index (χ1n) is 9.06. The number of aromatic nitrogens is 3. The van der Waals surface area contributed by atoms with Crippen LogP contribution >= 0.6 is 0 Å². The van der Waals surface area contributed by atoms with Crippen molar-refractivity contribution in [3.8, 4) is 23.2 Å². The second kappa shape index (κ2) is 7.03. The molecule has 0 spiro atoms. The third-order valence-electron chi connectivity index (χ3n) is 4.86. The minimum absolute atomic E-state index is 0.0245. The number of benzene rings is 1. The van der Waals surface area contributed by atoms with Gasteiger partial charge >= 0.3 is 0 Å². The normalized spacial score (nSPS) is 15.8. The Morgan fingerprint density at radius 2 is 2.11 bits per heavy atom. The molecule has 4 rings (SSSR count). The van der Waals surface area contributed by atoms with E-state index in [0.29, 0.717) is 18.1 Å². The molecule has 1 atom stereocenters. The van der Waals surface area contributed by atoms with Gasteiger partial charge in [-0.1, -0.05) is 17.0 Å². The summed E-state index contributed by atoms with van der Waals surface area (Å²) in [7, 11) is 1.96. The number of hydrogen-bond acceptors (Lipinski definition) is 5. The molecule has 3 aromatic rings. The number of rotatable bonds is 5. The van der Waals surface area contributed by atoms with Crippen LogP contribution < -0.4 is 5.32 Å². The summed E-state index contributed by atoms with van der Waals surface area (Å²) < 4.78 is 7.35. The highest BCUT2D eigenvalue weighted by molar-refractivity contribution is 5.59. The summed E-state index contributed by atoms with van der Waals surface area (Å²) in [5.41, 5.74) is 2.74. The van der Waals surface area contributed by atoms with Crippen molar-refractivity contribution in [1.29, 1.82) is 0 Å². The van der Waals surface area contributed by atoms with Crippen molar-refractivity contribution in [2.45, 2.75) is 38.0 Å². The molecule has 1 unspecified atom stereocenters. The zero-order valence-electron chi connectivity index (χ0n) is 15.4. The van der Waals surface area contributed by atoms with Gasteiger partial charge in [-0.15, -0.1) is 0 Å². The molecular formula is C21H22N4O2. The standard InChI is InChI=1S/C21H22N4O2/c1-15(26)20-23-11-12-25(20)14-18-13-19(27-24-18)17-5-3-16(4-6-17)7-8-21(22-2)9-10-21/h3-6,11-13,15,22,26H,9-10,14H2,1-2H3. The highest BCUT2D eigenvalue weighted by Gasteiger charge is 2.39. The molecule has 0 aliphatic heterocycles. The lowest BCUT2D eigenvalue weighted by molar-refractivity contribution is 0.184. The average molecular weight is 362 g/mol. The van der Waals surface area contributed by atoms with E-state index in [9.17, 15) is 5.11 Å². The molecule has 1 aromatic carbocycles. The SMILES string of the molecule is CNC1(C#Cc2ccc(-c3cc(Cn4ccnc4C(C)O)no3)cc2)CC1. The number of aliphatic hydroxyl groups is 1. The van der Waals surface area contributed by atoms with Gasteiger partial charge in [-0.25, -0.2) is 4.98 Å². The predicted octanol–water partition coefficient (Wildman–Crippen LogP) is 2.74. The highest BCUT2D eigenvalue weighted by atomic mass is 16.5. The van der Waals surface area contributed by atoms with Crippen LogP contribution in [0.1, 0.15) is 43.0 Å². The maximum absolute atomic E-state index is 9.75. The summed E-state index contributed by atoms with van der Waals surface area (Å²) >= 11 is 0. The lowest BCUT2D eigenvalue weighted by Gasteiger charge is -2.07. The Labute approximate surface area is 158 Å². The Hall–Kier alpha value is -2.88. The molecule has 138 valence electrons. The topological polar surface area (TPSA) is 76.1 Å². The first-order valence-corrected chi connectivity index (χ1v) is 9.06. The lowest BCUT2D eigenvalue weighted by atomic mass is 10.1. The fourth-order valence-electron chi connectivity index (χ4n) is 2.99. The van der Waals surface area contributed by atoms with Gasteiger partial charge in [-0.2, -0.15) is 0 Å². The van der Waals surface area contributed by atoms with E-state index in [0.717, 1.165) is 29.7 Å². The van der Waals surface area contributed by atoms with Gasteiger partial charge in [0.15, 0.2) is 5.76 Å². The molecular weight excluding hydrogens is 340 g/mol. The van der Waals surface area contributed by atoms with Crippen molar-refractivity contribution < 1.29 is 9.63 Å². The third kappa shape index (κ3) is 3.80. The van der Waals surface area contributed by atoms with E-state index >= 15 is 0 Å². The van der Waals surface area contributed by atoms with E-state index in [1.807, 2.05) is 48.1 Å². The van der Waals surface area contributed by atoms with E-state index in [1.54, 1.807) is 13.1 Å². The molecule has 0 amide bonds. The van der Waals surface area contributed by atoms with Gasteiger partial charge in [0.2, 0.25) is 0 Å². The van der Waals surface area contributed by atoms with Gasteiger partial charge in [-0.05, 0) is 51.1 Å². The summed E-state index contributed by atoms with van der Waals surface area (Å²) in [6.45, 7) is 2.19. The molecule has 6 heteroatoms. The number of aliphatic hydroxyl groups excluding tert-OH is 1. The quantitative estimate of drug-likeness (QED) is 0.683. The van der Waals surface area contributed by atoms with Crippen LogP contribution in [0.5, 0.6) is 0 Å². The van der Waals surface area contributed by atoms with Gasteiger partial charge in [0, 0.05) is 29.6 Å².